The normalized spacial score (nSPS) is 14.2. The zero-order chi connectivity index (χ0) is 23.8. The number of fused-ring (bicyclic) bond motifs is 2. The van der Waals surface area contributed by atoms with Crippen LogP contribution in [0.1, 0.15) is 35.8 Å². The number of carbonyl (C=O) groups is 1. The molecule has 0 unspecified atom stereocenters. The molecule has 0 saturated heterocycles. The second kappa shape index (κ2) is 8.79. The third kappa shape index (κ3) is 4.44. The minimum absolute atomic E-state index is 0.0361. The van der Waals surface area contributed by atoms with Gasteiger partial charge in [-0.1, -0.05) is 0 Å². The average Bonchev–Trinajstić information content (AvgIpc) is 3.55. The maximum Gasteiger partial charge on any atom is 0.316 e. The number of rotatable bonds is 8. The van der Waals surface area contributed by atoms with Gasteiger partial charge >= 0.3 is 6.01 Å². The van der Waals surface area contributed by atoms with E-state index in [9.17, 15) is 4.79 Å². The van der Waals surface area contributed by atoms with Crippen LogP contribution in [0.2, 0.25) is 0 Å². The lowest BCUT2D eigenvalue weighted by atomic mass is 10.1. The van der Waals surface area contributed by atoms with Crippen molar-refractivity contribution in [1.82, 2.24) is 19.4 Å². The highest BCUT2D eigenvalue weighted by Gasteiger charge is 2.25. The molecule has 0 bridgehead atoms. The molecule has 10 heteroatoms. The summed E-state index contributed by atoms with van der Waals surface area (Å²) in [7, 11) is 1.49. The predicted octanol–water partition coefficient (Wildman–Crippen LogP) is 3.15. The number of aromatic nitrogens is 4. The Hall–Kier alpha value is -3.92. The van der Waals surface area contributed by atoms with Gasteiger partial charge in [-0.3, -0.25) is 4.79 Å². The van der Waals surface area contributed by atoms with Crippen LogP contribution in [0, 0.1) is 6.92 Å². The Morgan fingerprint density at radius 1 is 1.29 bits per heavy atom. The summed E-state index contributed by atoms with van der Waals surface area (Å²) in [6, 6.07) is 5.52. The molecule has 1 aliphatic carbocycles. The van der Waals surface area contributed by atoms with E-state index in [0.29, 0.717) is 34.4 Å². The number of nitrogens with two attached hydrogens (primary N) is 1. The van der Waals surface area contributed by atoms with Crippen LogP contribution >= 0.6 is 0 Å². The standard InChI is InChI=1S/C24H27N7O3/c1-13(25)9-26-19-7-6-17(21-18(19)10-27-24(30-21)33-3)23(32)29-15-8-20(34-16-4-5-16)22-28-14(2)11-31(22)12-15/h6-8,10-13,16,26H,4-5,9,25H2,1-3H3,(H,29,32)/t13-/m0/s1. The number of anilines is 2. The SMILES string of the molecule is COc1ncc2c(NC[C@H](C)N)ccc(C(=O)Nc3cc(OC4CC4)c4nc(C)cn4c3)c2n1. The Labute approximate surface area is 196 Å². The molecule has 4 N–H and O–H groups in total. The van der Waals surface area contributed by atoms with E-state index in [1.165, 1.54) is 7.11 Å². The minimum Gasteiger partial charge on any atom is -0.486 e. The van der Waals surface area contributed by atoms with Crippen LogP contribution in [-0.4, -0.2) is 51.1 Å². The molecule has 5 rings (SSSR count). The second-order valence-corrected chi connectivity index (χ2v) is 8.62. The number of benzene rings is 1. The van der Waals surface area contributed by atoms with Crippen molar-refractivity contribution >= 4 is 33.8 Å². The number of ether oxygens (including phenoxy) is 2. The van der Waals surface area contributed by atoms with Crippen LogP contribution in [0.25, 0.3) is 16.6 Å². The third-order valence-corrected chi connectivity index (χ3v) is 5.48. The molecule has 0 radical (unpaired) electrons. The van der Waals surface area contributed by atoms with E-state index >= 15 is 0 Å². The molecule has 1 atom stereocenters. The van der Waals surface area contributed by atoms with E-state index in [4.69, 9.17) is 15.2 Å². The first-order chi connectivity index (χ1) is 16.4. The molecule has 176 valence electrons. The van der Waals surface area contributed by atoms with E-state index in [-0.39, 0.29) is 24.1 Å². The van der Waals surface area contributed by atoms with Crippen LogP contribution in [0.15, 0.2) is 36.8 Å². The van der Waals surface area contributed by atoms with Crippen molar-refractivity contribution in [2.45, 2.75) is 38.8 Å². The zero-order valence-corrected chi connectivity index (χ0v) is 19.3. The van der Waals surface area contributed by atoms with Crippen molar-refractivity contribution < 1.29 is 14.3 Å². The molecule has 0 aliphatic heterocycles. The fourth-order valence-electron chi connectivity index (χ4n) is 3.72. The maximum atomic E-state index is 13.4. The number of imidazole rings is 1. The average molecular weight is 462 g/mol. The molecule has 3 aromatic heterocycles. The first-order valence-corrected chi connectivity index (χ1v) is 11.2. The van der Waals surface area contributed by atoms with Crippen LogP contribution in [-0.2, 0) is 0 Å². The number of aryl methyl sites for hydroxylation is 1. The lowest BCUT2D eigenvalue weighted by molar-refractivity contribution is 0.102. The molecule has 34 heavy (non-hydrogen) atoms. The minimum atomic E-state index is -0.307. The molecular formula is C24H27N7O3. The lowest BCUT2D eigenvalue weighted by Gasteiger charge is -2.15. The monoisotopic (exact) mass is 461 g/mol. The van der Waals surface area contributed by atoms with E-state index in [1.807, 2.05) is 42.8 Å². The van der Waals surface area contributed by atoms with Gasteiger partial charge in [-0.25, -0.2) is 9.97 Å². The van der Waals surface area contributed by atoms with Gasteiger partial charge in [0, 0.05) is 48.3 Å². The Morgan fingerprint density at radius 2 is 2.12 bits per heavy atom. The topological polar surface area (TPSA) is 129 Å². The van der Waals surface area contributed by atoms with Gasteiger partial charge in [0.15, 0.2) is 11.4 Å². The summed E-state index contributed by atoms with van der Waals surface area (Å²) in [5.74, 6) is 0.343. The van der Waals surface area contributed by atoms with Crippen molar-refractivity contribution in [3.05, 3.63) is 48.0 Å². The molecule has 1 amide bonds. The van der Waals surface area contributed by atoms with Gasteiger partial charge in [0.25, 0.3) is 5.91 Å². The van der Waals surface area contributed by atoms with E-state index in [1.54, 1.807) is 12.3 Å². The summed E-state index contributed by atoms with van der Waals surface area (Å²) in [5.41, 5.74) is 9.75. The fourth-order valence-corrected chi connectivity index (χ4v) is 3.72. The quantitative estimate of drug-likeness (QED) is 0.365. The van der Waals surface area contributed by atoms with E-state index < -0.39 is 0 Å². The van der Waals surface area contributed by atoms with Crippen LogP contribution in [0.5, 0.6) is 11.8 Å². The van der Waals surface area contributed by atoms with Gasteiger partial charge < -0.3 is 30.2 Å². The van der Waals surface area contributed by atoms with Crippen molar-refractivity contribution in [3.8, 4) is 11.8 Å². The number of methoxy groups -OCH3 is 1. The first kappa shape index (κ1) is 21.9. The van der Waals surface area contributed by atoms with Gasteiger partial charge in [-0.15, -0.1) is 0 Å². The molecule has 3 heterocycles. The maximum absolute atomic E-state index is 13.4. The van der Waals surface area contributed by atoms with Gasteiger partial charge in [0.05, 0.1) is 35.7 Å². The van der Waals surface area contributed by atoms with Gasteiger partial charge in [-0.05, 0) is 38.8 Å². The molecule has 1 saturated carbocycles. The molecule has 10 nitrogen and oxygen atoms in total. The summed E-state index contributed by atoms with van der Waals surface area (Å²) in [6.45, 7) is 4.41. The zero-order valence-electron chi connectivity index (χ0n) is 19.3. The lowest BCUT2D eigenvalue weighted by Crippen LogP contribution is -2.25. The summed E-state index contributed by atoms with van der Waals surface area (Å²) in [4.78, 5) is 26.6. The molecular weight excluding hydrogens is 434 g/mol. The van der Waals surface area contributed by atoms with Gasteiger partial charge in [0.1, 0.15) is 0 Å². The molecule has 1 aromatic carbocycles. The van der Waals surface area contributed by atoms with Gasteiger partial charge in [0.2, 0.25) is 0 Å². The number of hydrogen-bond donors (Lipinski definition) is 3. The van der Waals surface area contributed by atoms with Crippen LogP contribution < -0.4 is 25.8 Å². The van der Waals surface area contributed by atoms with Crippen molar-refractivity contribution in [2.24, 2.45) is 5.73 Å². The molecule has 4 aromatic rings. The summed E-state index contributed by atoms with van der Waals surface area (Å²) >= 11 is 0. The Morgan fingerprint density at radius 3 is 2.85 bits per heavy atom. The Balaban J connectivity index is 1.51. The van der Waals surface area contributed by atoms with Crippen molar-refractivity contribution in [1.29, 1.82) is 0 Å². The third-order valence-electron chi connectivity index (χ3n) is 5.48. The number of nitrogens with zero attached hydrogens (tertiary/aromatic N) is 4. The van der Waals surface area contributed by atoms with Crippen molar-refractivity contribution in [3.63, 3.8) is 0 Å². The molecule has 0 spiro atoms. The predicted molar refractivity (Wildman–Crippen MR) is 130 cm³/mol. The first-order valence-electron chi connectivity index (χ1n) is 11.2. The largest absolute Gasteiger partial charge is 0.486 e. The van der Waals surface area contributed by atoms with Crippen molar-refractivity contribution in [2.75, 3.05) is 24.3 Å². The van der Waals surface area contributed by atoms with E-state index in [2.05, 4.69) is 25.6 Å². The fraction of sp³-hybridized carbons (Fsp3) is 0.333. The van der Waals surface area contributed by atoms with Gasteiger partial charge in [-0.2, -0.15) is 4.98 Å². The van der Waals surface area contributed by atoms with Crippen LogP contribution in [0.3, 0.4) is 0 Å². The highest BCUT2D eigenvalue weighted by atomic mass is 16.5. The molecule has 1 fully saturated rings. The Kier molecular flexibility index (Phi) is 5.66. The number of amides is 1. The summed E-state index contributed by atoms with van der Waals surface area (Å²) in [5, 5.41) is 6.98. The Bertz CT molecular complexity index is 1380. The number of carbonyl (C=O) groups excluding carboxylic acids is 1. The number of nitrogens with one attached hydrogen (secondary N) is 2. The summed E-state index contributed by atoms with van der Waals surface area (Å²) < 4.78 is 13.1. The second-order valence-electron chi connectivity index (χ2n) is 8.62. The molecule has 1 aliphatic rings. The smallest absolute Gasteiger partial charge is 0.316 e. The highest BCUT2D eigenvalue weighted by molar-refractivity contribution is 6.13. The highest BCUT2D eigenvalue weighted by Crippen LogP contribution is 2.32. The van der Waals surface area contributed by atoms with Crippen LogP contribution in [0.4, 0.5) is 11.4 Å². The number of hydrogen-bond acceptors (Lipinski definition) is 8. The number of pyridine rings is 1. The summed E-state index contributed by atoms with van der Waals surface area (Å²) in [6.07, 6.45) is 7.62. The van der Waals surface area contributed by atoms with E-state index in [0.717, 1.165) is 29.9 Å².